The average molecular weight is 330 g/mol. The Bertz CT molecular complexity index is 988. The Kier molecular flexibility index (Phi) is 3.55. The van der Waals surface area contributed by atoms with E-state index in [0.717, 1.165) is 9.13 Å². The van der Waals surface area contributed by atoms with E-state index in [9.17, 15) is 24.5 Å². The van der Waals surface area contributed by atoms with E-state index in [-0.39, 0.29) is 29.1 Å². The number of nitro groups is 1. The van der Waals surface area contributed by atoms with Crippen LogP contribution < -0.4 is 16.6 Å². The fourth-order valence-electron chi connectivity index (χ4n) is 3.02. The van der Waals surface area contributed by atoms with Gasteiger partial charge < -0.3 is 5.32 Å². The molecule has 9 nitrogen and oxygen atoms in total. The smallest absolute Gasteiger partial charge is 0.312 e. The van der Waals surface area contributed by atoms with E-state index in [1.54, 1.807) is 6.07 Å². The van der Waals surface area contributed by atoms with Crippen molar-refractivity contribution in [2.45, 2.75) is 12.3 Å². The average Bonchev–Trinajstić information content (AvgIpc) is 2.57. The van der Waals surface area contributed by atoms with E-state index in [0.29, 0.717) is 0 Å². The lowest BCUT2D eigenvalue weighted by Gasteiger charge is -2.26. The molecule has 3 rings (SSSR count). The third-order valence-corrected chi connectivity index (χ3v) is 4.20. The van der Waals surface area contributed by atoms with Crippen molar-refractivity contribution in [3.8, 4) is 0 Å². The van der Waals surface area contributed by atoms with E-state index in [2.05, 4.69) is 5.32 Å². The molecule has 9 heteroatoms. The van der Waals surface area contributed by atoms with Gasteiger partial charge in [-0.2, -0.15) is 0 Å². The summed E-state index contributed by atoms with van der Waals surface area (Å²) in [6, 6.07) is 5.98. The zero-order valence-corrected chi connectivity index (χ0v) is 13.0. The third kappa shape index (κ3) is 2.21. The molecular formula is C15H14N4O5. The molecule has 1 aliphatic rings. The Hall–Kier alpha value is -3.23. The SMILES string of the molecule is Cn1c2c(c(=O)n(C)c1=O)[C@H](c1ccccc1[N+](=O)[O-])CC(=O)N2. The van der Waals surface area contributed by atoms with Crippen LogP contribution in [0.1, 0.15) is 23.5 Å². The molecule has 0 saturated carbocycles. The molecule has 24 heavy (non-hydrogen) atoms. The summed E-state index contributed by atoms with van der Waals surface area (Å²) in [7, 11) is 2.76. The molecule has 0 unspecified atom stereocenters. The number of fused-ring (bicyclic) bond motifs is 1. The predicted molar refractivity (Wildman–Crippen MR) is 85.1 cm³/mol. The Balaban J connectivity index is 2.36. The Morgan fingerprint density at radius 2 is 1.83 bits per heavy atom. The lowest BCUT2D eigenvalue weighted by Crippen LogP contribution is -2.44. The van der Waals surface area contributed by atoms with Gasteiger partial charge >= 0.3 is 5.69 Å². The van der Waals surface area contributed by atoms with Crippen LogP contribution in [-0.4, -0.2) is 20.0 Å². The number of nitro benzene ring substituents is 1. The molecule has 2 heterocycles. The first kappa shape index (κ1) is 15.7. The summed E-state index contributed by atoms with van der Waals surface area (Å²) in [4.78, 5) is 47.4. The molecule has 1 aliphatic heterocycles. The first-order chi connectivity index (χ1) is 11.3. The zero-order valence-electron chi connectivity index (χ0n) is 13.0. The highest BCUT2D eigenvalue weighted by atomic mass is 16.6. The number of anilines is 1. The van der Waals surface area contributed by atoms with Crippen molar-refractivity contribution in [2.75, 3.05) is 5.32 Å². The fourth-order valence-corrected chi connectivity index (χ4v) is 3.02. The fraction of sp³-hybridized carbons (Fsp3) is 0.267. The lowest BCUT2D eigenvalue weighted by molar-refractivity contribution is -0.385. The number of para-hydroxylation sites is 1. The second-order valence-corrected chi connectivity index (χ2v) is 5.59. The van der Waals surface area contributed by atoms with Crippen molar-refractivity contribution in [3.63, 3.8) is 0 Å². The van der Waals surface area contributed by atoms with Gasteiger partial charge in [-0.1, -0.05) is 18.2 Å². The van der Waals surface area contributed by atoms with Crippen molar-refractivity contribution in [1.82, 2.24) is 9.13 Å². The number of nitrogens with one attached hydrogen (secondary N) is 1. The maximum absolute atomic E-state index is 12.6. The molecule has 0 fully saturated rings. The molecule has 0 radical (unpaired) electrons. The minimum absolute atomic E-state index is 0.0856. The topological polar surface area (TPSA) is 116 Å². The number of amides is 1. The summed E-state index contributed by atoms with van der Waals surface area (Å²) in [5.74, 6) is -1.11. The van der Waals surface area contributed by atoms with Crippen LogP contribution in [-0.2, 0) is 18.9 Å². The number of carbonyl (C=O) groups is 1. The van der Waals surface area contributed by atoms with Gasteiger partial charge in [0.2, 0.25) is 5.91 Å². The first-order valence-corrected chi connectivity index (χ1v) is 7.16. The first-order valence-electron chi connectivity index (χ1n) is 7.16. The van der Waals surface area contributed by atoms with Gasteiger partial charge in [0, 0.05) is 38.1 Å². The summed E-state index contributed by atoms with van der Waals surface area (Å²) in [6.07, 6.45) is -0.106. The van der Waals surface area contributed by atoms with Crippen molar-refractivity contribution in [2.24, 2.45) is 14.1 Å². The van der Waals surface area contributed by atoms with E-state index in [4.69, 9.17) is 0 Å². The van der Waals surface area contributed by atoms with Crippen LogP contribution in [0.5, 0.6) is 0 Å². The largest absolute Gasteiger partial charge is 0.332 e. The number of nitrogens with zero attached hydrogens (tertiary/aromatic N) is 3. The number of aromatic nitrogens is 2. The normalized spacial score (nSPS) is 16.4. The molecule has 0 saturated heterocycles. The Labute approximate surface area is 135 Å². The van der Waals surface area contributed by atoms with E-state index in [1.807, 2.05) is 0 Å². The van der Waals surface area contributed by atoms with Crippen LogP contribution in [0.15, 0.2) is 33.9 Å². The van der Waals surface area contributed by atoms with Gasteiger partial charge in [0.05, 0.1) is 10.5 Å². The van der Waals surface area contributed by atoms with Gasteiger partial charge in [0.25, 0.3) is 11.2 Å². The van der Waals surface area contributed by atoms with Gasteiger partial charge in [0.1, 0.15) is 5.82 Å². The van der Waals surface area contributed by atoms with Crippen molar-refractivity contribution in [3.05, 3.63) is 66.3 Å². The quantitative estimate of drug-likeness (QED) is 0.634. The maximum atomic E-state index is 12.6. The molecule has 2 aromatic rings. The van der Waals surface area contributed by atoms with Crippen LogP contribution in [0.4, 0.5) is 11.5 Å². The van der Waals surface area contributed by atoms with Crippen LogP contribution in [0.2, 0.25) is 0 Å². The number of hydrogen-bond acceptors (Lipinski definition) is 5. The monoisotopic (exact) mass is 330 g/mol. The minimum Gasteiger partial charge on any atom is -0.312 e. The van der Waals surface area contributed by atoms with Crippen molar-refractivity contribution >= 4 is 17.4 Å². The molecule has 1 aromatic carbocycles. The summed E-state index contributed by atoms with van der Waals surface area (Å²) in [6.45, 7) is 0. The van der Waals surface area contributed by atoms with Gasteiger partial charge in [-0.15, -0.1) is 0 Å². The maximum Gasteiger partial charge on any atom is 0.332 e. The Morgan fingerprint density at radius 1 is 1.17 bits per heavy atom. The molecule has 1 atom stereocenters. The summed E-state index contributed by atoms with van der Waals surface area (Å²) in [5.41, 5.74) is -0.875. The minimum atomic E-state index is -0.791. The van der Waals surface area contributed by atoms with E-state index in [1.165, 1.54) is 32.3 Å². The standard InChI is InChI=1S/C15H14N4O5/c1-17-13-12(14(21)18(2)15(17)22)9(7-11(20)16-13)8-5-3-4-6-10(8)19(23)24/h3-6,9H,7H2,1-2H3,(H,16,20)/t9-/m0/s1. The molecule has 0 spiro atoms. The van der Waals surface area contributed by atoms with Crippen molar-refractivity contribution in [1.29, 1.82) is 0 Å². The molecular weight excluding hydrogens is 316 g/mol. The van der Waals surface area contributed by atoms with Crippen LogP contribution in [0, 0.1) is 10.1 Å². The highest BCUT2D eigenvalue weighted by Crippen LogP contribution is 2.38. The molecule has 0 bridgehead atoms. The van der Waals surface area contributed by atoms with Gasteiger partial charge in [-0.25, -0.2) is 4.79 Å². The zero-order chi connectivity index (χ0) is 17.6. The molecule has 1 N–H and O–H groups in total. The van der Waals surface area contributed by atoms with E-state index >= 15 is 0 Å². The van der Waals surface area contributed by atoms with Crippen LogP contribution in [0.25, 0.3) is 0 Å². The van der Waals surface area contributed by atoms with Gasteiger partial charge in [-0.05, 0) is 0 Å². The second kappa shape index (κ2) is 5.44. The van der Waals surface area contributed by atoms with Gasteiger partial charge in [-0.3, -0.25) is 28.8 Å². The van der Waals surface area contributed by atoms with E-state index < -0.39 is 28.0 Å². The van der Waals surface area contributed by atoms with Crippen LogP contribution >= 0.6 is 0 Å². The highest BCUT2D eigenvalue weighted by molar-refractivity contribution is 5.94. The molecule has 1 aromatic heterocycles. The third-order valence-electron chi connectivity index (χ3n) is 4.20. The number of rotatable bonds is 2. The van der Waals surface area contributed by atoms with Gasteiger partial charge in [0.15, 0.2) is 0 Å². The summed E-state index contributed by atoms with van der Waals surface area (Å²) in [5, 5.41) is 13.8. The molecule has 124 valence electrons. The highest BCUT2D eigenvalue weighted by Gasteiger charge is 2.35. The summed E-state index contributed by atoms with van der Waals surface area (Å²) < 4.78 is 2.09. The number of hydrogen-bond donors (Lipinski definition) is 1. The van der Waals surface area contributed by atoms with Crippen molar-refractivity contribution < 1.29 is 9.72 Å². The summed E-state index contributed by atoms with van der Waals surface area (Å²) >= 11 is 0. The second-order valence-electron chi connectivity index (χ2n) is 5.59. The molecule has 0 aliphatic carbocycles. The molecule has 1 amide bonds. The number of benzene rings is 1. The lowest BCUT2D eigenvalue weighted by atomic mass is 9.85. The predicted octanol–water partition coefficient (Wildman–Crippen LogP) is 0.466. The number of carbonyl (C=O) groups excluding carboxylic acids is 1. The Morgan fingerprint density at radius 3 is 2.50 bits per heavy atom. The van der Waals surface area contributed by atoms with Crippen LogP contribution in [0.3, 0.4) is 0 Å².